The number of carboxylic acid groups (broad SMARTS) is 1. The van der Waals surface area contributed by atoms with Crippen LogP contribution >= 0.6 is 11.8 Å². The number of hydrogen-bond donors (Lipinski definition) is 2. The third-order valence-corrected chi connectivity index (χ3v) is 4.72. The predicted octanol–water partition coefficient (Wildman–Crippen LogP) is 2.10. The first-order valence-corrected chi connectivity index (χ1v) is 8.84. The molecule has 2 rings (SSSR count). The number of carbonyl (C=O) groups is 2. The number of hydrogen-bond acceptors (Lipinski definition) is 7. The number of rotatable bonds is 8. The van der Waals surface area contributed by atoms with Crippen LogP contribution in [0.15, 0.2) is 34.6 Å². The molecule has 0 saturated carbocycles. The van der Waals surface area contributed by atoms with E-state index in [1.54, 1.807) is 11.6 Å². The molecule has 2 aromatic rings. The van der Waals surface area contributed by atoms with Gasteiger partial charge >= 0.3 is 5.97 Å². The molecule has 1 aromatic carbocycles. The van der Waals surface area contributed by atoms with E-state index in [9.17, 15) is 24.8 Å². The Bertz CT molecular complexity index is 867. The molecule has 0 radical (unpaired) electrons. The van der Waals surface area contributed by atoms with Crippen LogP contribution in [0, 0.1) is 16.0 Å². The van der Waals surface area contributed by atoms with Crippen LogP contribution in [-0.4, -0.2) is 42.7 Å². The van der Waals surface area contributed by atoms with Gasteiger partial charge in [0.25, 0.3) is 11.6 Å². The average molecular weight is 393 g/mol. The van der Waals surface area contributed by atoms with Crippen LogP contribution in [0.1, 0.15) is 30.6 Å². The number of aryl methyl sites for hydroxylation is 1. The lowest BCUT2D eigenvalue weighted by Crippen LogP contribution is -2.41. The van der Waals surface area contributed by atoms with Gasteiger partial charge in [-0.1, -0.05) is 13.8 Å². The number of aliphatic carboxylic acids is 1. The molecule has 1 amide bonds. The molecule has 0 aliphatic heterocycles. The van der Waals surface area contributed by atoms with Crippen molar-refractivity contribution in [1.82, 2.24) is 20.1 Å². The lowest BCUT2D eigenvalue weighted by Gasteiger charge is -2.16. The fraction of sp³-hybridized carbons (Fsp3) is 0.375. The minimum absolute atomic E-state index is 0.0130. The van der Waals surface area contributed by atoms with E-state index in [2.05, 4.69) is 15.5 Å². The van der Waals surface area contributed by atoms with Crippen molar-refractivity contribution in [3.05, 3.63) is 40.2 Å². The van der Waals surface area contributed by atoms with E-state index in [0.717, 1.165) is 17.8 Å². The van der Waals surface area contributed by atoms with E-state index < -0.39 is 22.8 Å². The quantitative estimate of drug-likeness (QED) is 0.513. The topological polar surface area (TPSA) is 140 Å². The number of nitrogens with zero attached hydrogens (tertiary/aromatic N) is 4. The molecule has 2 N–H and O–H groups in total. The number of aromatic nitrogens is 3. The molecule has 0 unspecified atom stereocenters. The Kier molecular flexibility index (Phi) is 6.50. The van der Waals surface area contributed by atoms with Gasteiger partial charge in [0.15, 0.2) is 5.16 Å². The summed E-state index contributed by atoms with van der Waals surface area (Å²) in [5.41, 5.74) is -0.259. The Morgan fingerprint density at radius 2 is 2.11 bits per heavy atom. The molecule has 1 aromatic heterocycles. The lowest BCUT2D eigenvalue weighted by molar-refractivity contribution is -0.387. The van der Waals surface area contributed by atoms with Crippen LogP contribution < -0.4 is 5.32 Å². The molecular formula is C16H19N5O5S. The molecule has 27 heavy (non-hydrogen) atoms. The molecule has 10 nitrogen and oxygen atoms in total. The second kappa shape index (κ2) is 8.62. The zero-order chi connectivity index (χ0) is 20.1. The highest BCUT2D eigenvalue weighted by Crippen LogP contribution is 2.34. The fourth-order valence-corrected chi connectivity index (χ4v) is 3.14. The van der Waals surface area contributed by atoms with Crippen LogP contribution in [-0.2, 0) is 11.8 Å². The monoisotopic (exact) mass is 393 g/mol. The minimum Gasteiger partial charge on any atom is -0.480 e. The maximum Gasteiger partial charge on any atom is 0.326 e. The lowest BCUT2D eigenvalue weighted by atomic mass is 10.0. The smallest absolute Gasteiger partial charge is 0.326 e. The third-order valence-electron chi connectivity index (χ3n) is 3.60. The van der Waals surface area contributed by atoms with Gasteiger partial charge in [-0.2, -0.15) is 0 Å². The number of carbonyl (C=O) groups excluding carboxylic acids is 1. The van der Waals surface area contributed by atoms with Gasteiger partial charge in [0.05, 0.1) is 9.82 Å². The van der Waals surface area contributed by atoms with Gasteiger partial charge in [0.1, 0.15) is 12.4 Å². The molecule has 0 saturated heterocycles. The molecule has 1 heterocycles. The van der Waals surface area contributed by atoms with Gasteiger partial charge in [-0.05, 0) is 36.2 Å². The van der Waals surface area contributed by atoms with Crippen molar-refractivity contribution in [3.8, 4) is 0 Å². The minimum atomic E-state index is -1.15. The third kappa shape index (κ3) is 5.26. The van der Waals surface area contributed by atoms with Crippen LogP contribution in [0.3, 0.4) is 0 Å². The summed E-state index contributed by atoms with van der Waals surface area (Å²) in [4.78, 5) is 34.8. The van der Waals surface area contributed by atoms with Gasteiger partial charge in [-0.25, -0.2) is 4.79 Å². The molecular weight excluding hydrogens is 374 g/mol. The summed E-state index contributed by atoms with van der Waals surface area (Å²) in [5, 5.41) is 31.1. The van der Waals surface area contributed by atoms with E-state index >= 15 is 0 Å². The van der Waals surface area contributed by atoms with Crippen molar-refractivity contribution in [2.24, 2.45) is 13.0 Å². The maximum absolute atomic E-state index is 12.4. The second-order valence-electron chi connectivity index (χ2n) is 6.26. The molecule has 0 fully saturated rings. The number of nitro groups is 1. The summed E-state index contributed by atoms with van der Waals surface area (Å²) in [6, 6.07) is 2.91. The van der Waals surface area contributed by atoms with Gasteiger partial charge < -0.3 is 15.0 Å². The van der Waals surface area contributed by atoms with Crippen molar-refractivity contribution in [1.29, 1.82) is 0 Å². The van der Waals surface area contributed by atoms with E-state index in [1.165, 1.54) is 18.5 Å². The van der Waals surface area contributed by atoms with Crippen molar-refractivity contribution < 1.29 is 19.6 Å². The Morgan fingerprint density at radius 1 is 1.41 bits per heavy atom. The van der Waals surface area contributed by atoms with Crippen molar-refractivity contribution in [3.63, 3.8) is 0 Å². The Balaban J connectivity index is 2.26. The summed E-state index contributed by atoms with van der Waals surface area (Å²) < 4.78 is 1.61. The molecule has 0 bridgehead atoms. The molecule has 0 aliphatic rings. The van der Waals surface area contributed by atoms with E-state index in [-0.39, 0.29) is 23.6 Å². The number of carboxylic acids is 1. The van der Waals surface area contributed by atoms with Gasteiger partial charge in [-0.15, -0.1) is 10.2 Å². The zero-order valence-electron chi connectivity index (χ0n) is 14.9. The van der Waals surface area contributed by atoms with E-state index in [1.807, 2.05) is 13.8 Å². The SMILES string of the molecule is CC(C)C[C@@H](NC(=O)c1ccc(Sc2nncn2C)c([N+](=O)[O-])c1)C(=O)O. The van der Waals surface area contributed by atoms with Gasteiger partial charge in [-0.3, -0.25) is 14.9 Å². The average Bonchev–Trinajstić information content (AvgIpc) is 2.98. The zero-order valence-corrected chi connectivity index (χ0v) is 15.8. The van der Waals surface area contributed by atoms with Crippen LogP contribution in [0.4, 0.5) is 5.69 Å². The summed E-state index contributed by atoms with van der Waals surface area (Å²) >= 11 is 1.05. The van der Waals surface area contributed by atoms with Crippen LogP contribution in [0.25, 0.3) is 0 Å². The molecule has 1 atom stereocenters. The van der Waals surface area contributed by atoms with Crippen LogP contribution in [0.5, 0.6) is 0 Å². The largest absolute Gasteiger partial charge is 0.480 e. The number of amides is 1. The standard InChI is InChI=1S/C16H19N5O5S/c1-9(2)6-11(15(23)24)18-14(22)10-4-5-13(12(7-10)21(25)26)27-16-19-17-8-20(16)3/h4-5,7-9,11H,6H2,1-3H3,(H,18,22)(H,23,24)/t11-/m1/s1. The number of benzene rings is 1. The maximum atomic E-state index is 12.4. The highest BCUT2D eigenvalue weighted by Gasteiger charge is 2.24. The first-order valence-electron chi connectivity index (χ1n) is 8.03. The van der Waals surface area contributed by atoms with E-state index in [0.29, 0.717) is 10.1 Å². The Morgan fingerprint density at radius 3 is 2.63 bits per heavy atom. The molecule has 144 valence electrons. The molecule has 0 spiro atoms. The van der Waals surface area contributed by atoms with Crippen molar-refractivity contribution >= 4 is 29.3 Å². The van der Waals surface area contributed by atoms with Crippen molar-refractivity contribution in [2.45, 2.75) is 36.4 Å². The second-order valence-corrected chi connectivity index (χ2v) is 7.27. The first-order chi connectivity index (χ1) is 12.7. The predicted molar refractivity (Wildman–Crippen MR) is 96.6 cm³/mol. The highest BCUT2D eigenvalue weighted by atomic mass is 32.2. The van der Waals surface area contributed by atoms with E-state index in [4.69, 9.17) is 0 Å². The Labute approximate surface area is 159 Å². The number of nitrogens with one attached hydrogen (secondary N) is 1. The number of nitro benzene ring substituents is 1. The summed E-state index contributed by atoms with van der Waals surface area (Å²) in [7, 11) is 1.71. The summed E-state index contributed by atoms with van der Waals surface area (Å²) in [6.45, 7) is 3.68. The molecule has 11 heteroatoms. The highest BCUT2D eigenvalue weighted by molar-refractivity contribution is 7.99. The summed E-state index contributed by atoms with van der Waals surface area (Å²) in [6.07, 6.45) is 1.72. The normalized spacial score (nSPS) is 12.0. The Hall–Kier alpha value is -2.95. The molecule has 0 aliphatic carbocycles. The summed E-state index contributed by atoms with van der Waals surface area (Å²) in [5.74, 6) is -1.77. The van der Waals surface area contributed by atoms with Gasteiger partial charge in [0.2, 0.25) is 0 Å². The van der Waals surface area contributed by atoms with Gasteiger partial charge in [0, 0.05) is 18.7 Å². The van der Waals surface area contributed by atoms with Crippen molar-refractivity contribution in [2.75, 3.05) is 0 Å². The first kappa shape index (κ1) is 20.4. The fourth-order valence-electron chi connectivity index (χ4n) is 2.29. The van der Waals surface area contributed by atoms with Crippen LogP contribution in [0.2, 0.25) is 0 Å².